The highest BCUT2D eigenvalue weighted by molar-refractivity contribution is 6.12. The van der Waals surface area contributed by atoms with Crippen LogP contribution in [-0.4, -0.2) is 67.0 Å². The fourth-order valence-electron chi connectivity index (χ4n) is 3.41. The quantitative estimate of drug-likeness (QED) is 0.0649. The average molecular weight is 516 g/mol. The summed E-state index contributed by atoms with van der Waals surface area (Å²) in [4.78, 5) is 84.2. The largest absolute Gasteiger partial charge is 0.354 e. The van der Waals surface area contributed by atoms with E-state index >= 15 is 0 Å². The summed E-state index contributed by atoms with van der Waals surface area (Å²) in [5, 5.41) is 7.81. The number of nitroso groups, excluding NO2 is 1. The van der Waals surface area contributed by atoms with E-state index in [1.54, 1.807) is 0 Å². The van der Waals surface area contributed by atoms with Crippen LogP contribution in [-0.2, 0) is 24.0 Å². The lowest BCUT2D eigenvalue weighted by molar-refractivity contribution is -0.137. The summed E-state index contributed by atoms with van der Waals surface area (Å²) < 4.78 is 0. The second-order valence-corrected chi connectivity index (χ2v) is 8.07. The normalized spacial score (nSPS) is 12.3. The second-order valence-electron chi connectivity index (χ2n) is 8.07. The molecule has 0 aliphatic carbocycles. The van der Waals surface area contributed by atoms with Gasteiger partial charge in [0.25, 0.3) is 17.7 Å². The molecule has 37 heavy (non-hydrogen) atoms. The standard InChI is InChI=1S/C23H29N7O7/c1-29(15-6-7-16(23(36)27-24)17(13-15)28-37)20(33)10-11-25-19(32)14-26-18(31)5-3-2-4-12-30-21(34)8-9-22(30)35/h6-9,13H,2-5,10-12,14,24H2,1H3,(H,25,32)(H,26,31)(H,27,36). The number of benzene rings is 1. The lowest BCUT2D eigenvalue weighted by atomic mass is 10.1. The molecule has 0 bridgehead atoms. The lowest BCUT2D eigenvalue weighted by Crippen LogP contribution is -2.38. The van der Waals surface area contributed by atoms with Crippen molar-refractivity contribution in [2.24, 2.45) is 11.0 Å². The van der Waals surface area contributed by atoms with Crippen molar-refractivity contribution in [3.8, 4) is 0 Å². The Morgan fingerprint density at radius 1 is 0.973 bits per heavy atom. The van der Waals surface area contributed by atoms with Crippen LogP contribution in [0.25, 0.3) is 0 Å². The lowest BCUT2D eigenvalue weighted by Gasteiger charge is -2.18. The van der Waals surface area contributed by atoms with E-state index in [9.17, 15) is 33.7 Å². The smallest absolute Gasteiger partial charge is 0.267 e. The Morgan fingerprint density at radius 3 is 2.32 bits per heavy atom. The first-order chi connectivity index (χ1) is 17.7. The van der Waals surface area contributed by atoms with Crippen molar-refractivity contribution in [3.63, 3.8) is 0 Å². The van der Waals surface area contributed by atoms with Crippen LogP contribution in [0.5, 0.6) is 0 Å². The highest BCUT2D eigenvalue weighted by Crippen LogP contribution is 2.26. The number of imide groups is 1. The number of nitrogen functional groups attached to an aromatic ring is 1. The molecule has 2 rings (SSSR count). The van der Waals surface area contributed by atoms with Crippen LogP contribution in [0.2, 0.25) is 0 Å². The minimum absolute atomic E-state index is 0.0210. The molecule has 0 atom stereocenters. The molecule has 0 aromatic heterocycles. The molecular formula is C23H29N7O7. The van der Waals surface area contributed by atoms with Crippen molar-refractivity contribution in [2.75, 3.05) is 31.6 Å². The van der Waals surface area contributed by atoms with E-state index in [1.165, 1.54) is 42.3 Å². The summed E-state index contributed by atoms with van der Waals surface area (Å²) in [7, 11) is 1.47. The van der Waals surface area contributed by atoms with Gasteiger partial charge in [0, 0.05) is 50.8 Å². The number of hydrogen-bond acceptors (Lipinski definition) is 9. The number of unbranched alkanes of at least 4 members (excludes halogenated alkanes) is 2. The summed E-state index contributed by atoms with van der Waals surface area (Å²) in [5.74, 6) is 2.55. The molecule has 0 spiro atoms. The maximum absolute atomic E-state index is 12.4. The highest BCUT2D eigenvalue weighted by Gasteiger charge is 2.22. The fraction of sp³-hybridized carbons (Fsp3) is 0.391. The number of anilines is 1. The van der Waals surface area contributed by atoms with Gasteiger partial charge in [0.1, 0.15) is 5.69 Å². The van der Waals surface area contributed by atoms with Crippen LogP contribution in [0.15, 0.2) is 35.5 Å². The molecule has 5 N–H and O–H groups in total. The molecular weight excluding hydrogens is 486 g/mol. The number of amides is 6. The molecule has 1 heterocycles. The molecule has 0 saturated heterocycles. The van der Waals surface area contributed by atoms with Crippen LogP contribution in [0.4, 0.5) is 11.4 Å². The molecule has 0 saturated carbocycles. The Labute approximate surface area is 212 Å². The van der Waals surface area contributed by atoms with Crippen molar-refractivity contribution in [2.45, 2.75) is 32.1 Å². The molecule has 1 aromatic rings. The van der Waals surface area contributed by atoms with Gasteiger partial charge < -0.3 is 15.5 Å². The first-order valence-corrected chi connectivity index (χ1v) is 11.5. The Balaban J connectivity index is 1.63. The molecule has 0 fully saturated rings. The maximum Gasteiger partial charge on any atom is 0.267 e. The Hall–Kier alpha value is -4.46. The van der Waals surface area contributed by atoms with Crippen LogP contribution in [0, 0.1) is 4.91 Å². The van der Waals surface area contributed by atoms with Crippen LogP contribution in [0.1, 0.15) is 42.5 Å². The molecule has 0 radical (unpaired) electrons. The molecule has 198 valence electrons. The highest BCUT2D eigenvalue weighted by atomic mass is 16.3. The van der Waals surface area contributed by atoms with Crippen LogP contribution in [0.3, 0.4) is 0 Å². The van der Waals surface area contributed by atoms with Crippen molar-refractivity contribution in [1.29, 1.82) is 0 Å². The van der Waals surface area contributed by atoms with Gasteiger partial charge in [-0.15, -0.1) is 4.91 Å². The van der Waals surface area contributed by atoms with E-state index in [0.29, 0.717) is 31.5 Å². The van der Waals surface area contributed by atoms with Gasteiger partial charge in [0.2, 0.25) is 17.7 Å². The maximum atomic E-state index is 12.4. The predicted molar refractivity (Wildman–Crippen MR) is 132 cm³/mol. The van der Waals surface area contributed by atoms with E-state index < -0.39 is 11.8 Å². The SMILES string of the molecule is CN(C(=O)CCNC(=O)CNC(=O)CCCCCN1C(=O)C=CC1=O)c1ccc(C(=O)NN)c(N=O)c1. The number of nitrogens with zero attached hydrogens (tertiary/aromatic N) is 3. The Bertz CT molecular complexity index is 1080. The number of carbonyl (C=O) groups excluding carboxylic acids is 6. The van der Waals surface area contributed by atoms with Gasteiger partial charge in [0.05, 0.1) is 12.1 Å². The number of hydrogen-bond donors (Lipinski definition) is 4. The van der Waals surface area contributed by atoms with Gasteiger partial charge in [-0.3, -0.25) is 39.1 Å². The molecule has 0 unspecified atom stereocenters. The zero-order valence-electron chi connectivity index (χ0n) is 20.3. The molecule has 6 amide bonds. The van der Waals surface area contributed by atoms with Crippen molar-refractivity contribution in [3.05, 3.63) is 40.8 Å². The third-order valence-electron chi connectivity index (χ3n) is 5.51. The van der Waals surface area contributed by atoms with Crippen molar-refractivity contribution < 1.29 is 28.8 Å². The Kier molecular flexibility index (Phi) is 11.0. The van der Waals surface area contributed by atoms with Gasteiger partial charge in [-0.25, -0.2) is 5.84 Å². The Morgan fingerprint density at radius 2 is 1.68 bits per heavy atom. The third kappa shape index (κ3) is 8.61. The van der Waals surface area contributed by atoms with E-state index in [1.807, 2.05) is 5.43 Å². The van der Waals surface area contributed by atoms with Gasteiger partial charge in [-0.1, -0.05) is 6.42 Å². The van der Waals surface area contributed by atoms with E-state index in [2.05, 4.69) is 15.8 Å². The van der Waals surface area contributed by atoms with Crippen molar-refractivity contribution in [1.82, 2.24) is 21.0 Å². The molecule has 14 heteroatoms. The van der Waals surface area contributed by atoms with Gasteiger partial charge in [-0.05, 0) is 36.2 Å². The zero-order valence-corrected chi connectivity index (χ0v) is 20.3. The first-order valence-electron chi connectivity index (χ1n) is 11.5. The summed E-state index contributed by atoms with van der Waals surface area (Å²) in [5.41, 5.74) is 2.00. The average Bonchev–Trinajstić information content (AvgIpc) is 3.22. The van der Waals surface area contributed by atoms with Gasteiger partial charge in [0.15, 0.2) is 0 Å². The first kappa shape index (κ1) is 28.8. The number of nitrogens with two attached hydrogens (primary N) is 1. The second kappa shape index (κ2) is 14.2. The number of rotatable bonds is 14. The number of nitrogens with one attached hydrogen (secondary N) is 3. The summed E-state index contributed by atoms with van der Waals surface area (Å²) in [6, 6.07) is 4.04. The fourth-order valence-corrected chi connectivity index (χ4v) is 3.41. The van der Waals surface area contributed by atoms with Crippen LogP contribution < -0.4 is 26.8 Å². The molecule has 1 aliphatic heterocycles. The topological polar surface area (TPSA) is 200 Å². The summed E-state index contributed by atoms with van der Waals surface area (Å²) in [6.45, 7) is 0.0754. The number of carbonyl (C=O) groups is 6. The predicted octanol–water partition coefficient (Wildman–Crippen LogP) is -0.241. The zero-order chi connectivity index (χ0) is 27.4. The molecule has 1 aliphatic rings. The molecule has 1 aromatic carbocycles. The summed E-state index contributed by atoms with van der Waals surface area (Å²) >= 11 is 0. The van der Waals surface area contributed by atoms with Crippen molar-refractivity contribution >= 4 is 46.8 Å². The van der Waals surface area contributed by atoms with Crippen LogP contribution >= 0.6 is 0 Å². The minimum atomic E-state index is -0.699. The third-order valence-corrected chi connectivity index (χ3v) is 5.51. The van der Waals surface area contributed by atoms with Gasteiger partial charge >= 0.3 is 0 Å². The van der Waals surface area contributed by atoms with E-state index in [0.717, 1.165) is 4.90 Å². The van der Waals surface area contributed by atoms with Gasteiger partial charge in [-0.2, -0.15) is 0 Å². The van der Waals surface area contributed by atoms with E-state index in [-0.39, 0.29) is 60.8 Å². The minimum Gasteiger partial charge on any atom is -0.354 e. The van der Waals surface area contributed by atoms with E-state index in [4.69, 9.17) is 5.84 Å². The summed E-state index contributed by atoms with van der Waals surface area (Å²) in [6.07, 6.45) is 4.35. The molecule has 14 nitrogen and oxygen atoms in total. The monoisotopic (exact) mass is 515 g/mol. The number of hydrazine groups is 1.